The average Bonchev–Trinajstić information content (AvgIpc) is 3.90. The van der Waals surface area contributed by atoms with Crippen LogP contribution in [0, 0.1) is 0 Å². The van der Waals surface area contributed by atoms with Crippen molar-refractivity contribution in [3.05, 3.63) is 243 Å². The normalized spacial score (nSPS) is 11.5. The van der Waals surface area contributed by atoms with Crippen molar-refractivity contribution in [1.29, 1.82) is 0 Å². The number of anilines is 3. The van der Waals surface area contributed by atoms with Crippen LogP contribution in [0.1, 0.15) is 0 Å². The maximum atomic E-state index is 2.41. The van der Waals surface area contributed by atoms with Crippen molar-refractivity contribution in [2.24, 2.45) is 0 Å². The van der Waals surface area contributed by atoms with E-state index in [9.17, 15) is 0 Å². The summed E-state index contributed by atoms with van der Waals surface area (Å²) < 4.78 is 5.00. The number of nitrogens with zero attached hydrogens (tertiary/aromatic N) is 2. The molecule has 0 amide bonds. The number of thiophene rings is 1. The second kappa shape index (κ2) is 15.5. The highest BCUT2D eigenvalue weighted by molar-refractivity contribution is 7.25. The maximum absolute atomic E-state index is 2.41. The Kier molecular flexibility index (Phi) is 9.06. The molecule has 12 aromatic rings. The Balaban J connectivity index is 0.936. The smallest absolute Gasteiger partial charge is 0.0547 e. The van der Waals surface area contributed by atoms with Gasteiger partial charge in [-0.3, -0.25) is 0 Å². The largest absolute Gasteiger partial charge is 0.310 e. The minimum absolute atomic E-state index is 1.11. The van der Waals surface area contributed by atoms with Crippen molar-refractivity contribution in [1.82, 2.24) is 4.57 Å². The van der Waals surface area contributed by atoms with Crippen molar-refractivity contribution >= 4 is 70.4 Å². The molecule has 0 fully saturated rings. The standard InChI is InChI=1S/C60H40N2S/c1-3-13-41(14-4-1)43-25-30-49(31-26-43)61(52-34-36-56-55-22-8-10-24-59(55)63-60(56)40-52)51-20-12-19-47(38-51)45-17-11-18-46(37-45)48-29-35-54-53-21-7-9-23-57(53)62(58(54)39-48)50-32-27-44(28-33-50)42-15-5-2-6-16-42/h1-40H. The average molecular weight is 821 g/mol. The Morgan fingerprint density at radius 1 is 0.270 bits per heavy atom. The molecule has 0 radical (unpaired) electrons. The number of fused-ring (bicyclic) bond motifs is 6. The Morgan fingerprint density at radius 2 is 0.746 bits per heavy atom. The summed E-state index contributed by atoms with van der Waals surface area (Å²) in [6.07, 6.45) is 0. The second-order valence-corrected chi connectivity index (χ2v) is 17.2. The summed E-state index contributed by atoms with van der Waals surface area (Å²) in [5.41, 5.74) is 16.4. The lowest BCUT2D eigenvalue weighted by Crippen LogP contribution is -2.09. The fourth-order valence-corrected chi connectivity index (χ4v) is 10.4. The van der Waals surface area contributed by atoms with Gasteiger partial charge in [-0.2, -0.15) is 0 Å². The molecule has 12 rings (SSSR count). The van der Waals surface area contributed by atoms with Crippen LogP contribution >= 0.6 is 11.3 Å². The molecule has 0 atom stereocenters. The van der Waals surface area contributed by atoms with Gasteiger partial charge in [0.1, 0.15) is 0 Å². The summed E-state index contributed by atoms with van der Waals surface area (Å²) in [5, 5.41) is 5.10. The van der Waals surface area contributed by atoms with E-state index in [0.29, 0.717) is 0 Å². The SMILES string of the molecule is c1ccc(-c2ccc(N(c3cccc(-c4cccc(-c5ccc6c7ccccc7n(-c7ccc(-c8ccccc8)cc7)c6c5)c4)c3)c3ccc4c(c3)sc3ccccc34)cc2)cc1. The van der Waals surface area contributed by atoms with E-state index < -0.39 is 0 Å². The zero-order chi connectivity index (χ0) is 41.7. The van der Waals surface area contributed by atoms with Crippen molar-refractivity contribution in [3.8, 4) is 50.2 Å². The van der Waals surface area contributed by atoms with Crippen LogP contribution in [0.5, 0.6) is 0 Å². The summed E-state index contributed by atoms with van der Waals surface area (Å²) in [4.78, 5) is 2.39. The van der Waals surface area contributed by atoms with E-state index in [-0.39, 0.29) is 0 Å². The number of aromatic nitrogens is 1. The van der Waals surface area contributed by atoms with E-state index in [1.165, 1.54) is 80.9 Å². The van der Waals surface area contributed by atoms with E-state index in [1.54, 1.807) is 0 Å². The van der Waals surface area contributed by atoms with Crippen LogP contribution in [0.4, 0.5) is 17.1 Å². The number of hydrogen-bond acceptors (Lipinski definition) is 2. The monoisotopic (exact) mass is 820 g/mol. The molecule has 0 unspecified atom stereocenters. The molecule has 0 saturated heterocycles. The lowest BCUT2D eigenvalue weighted by atomic mass is 9.97. The molecule has 3 heteroatoms. The third-order valence-electron chi connectivity index (χ3n) is 12.4. The summed E-state index contributed by atoms with van der Waals surface area (Å²) in [6, 6.07) is 88.4. The molecule has 0 saturated carbocycles. The van der Waals surface area contributed by atoms with Crippen LogP contribution in [0.2, 0.25) is 0 Å². The molecule has 2 aromatic heterocycles. The van der Waals surface area contributed by atoms with Crippen LogP contribution in [-0.4, -0.2) is 4.57 Å². The summed E-state index contributed by atoms with van der Waals surface area (Å²) >= 11 is 1.86. The predicted octanol–water partition coefficient (Wildman–Crippen LogP) is 17.3. The van der Waals surface area contributed by atoms with Gasteiger partial charge in [-0.25, -0.2) is 0 Å². The van der Waals surface area contributed by atoms with E-state index in [2.05, 4.69) is 252 Å². The maximum Gasteiger partial charge on any atom is 0.0547 e. The lowest BCUT2D eigenvalue weighted by Gasteiger charge is -2.26. The highest BCUT2D eigenvalue weighted by Gasteiger charge is 2.18. The van der Waals surface area contributed by atoms with E-state index >= 15 is 0 Å². The Bertz CT molecular complexity index is 3600. The molecule has 0 aliphatic heterocycles. The second-order valence-electron chi connectivity index (χ2n) is 16.2. The first-order chi connectivity index (χ1) is 31.2. The van der Waals surface area contributed by atoms with Crippen molar-refractivity contribution in [3.63, 3.8) is 0 Å². The van der Waals surface area contributed by atoms with E-state index in [0.717, 1.165) is 28.3 Å². The number of hydrogen-bond donors (Lipinski definition) is 0. The number of benzene rings is 10. The minimum Gasteiger partial charge on any atom is -0.310 e. The van der Waals surface area contributed by atoms with Gasteiger partial charge in [0.2, 0.25) is 0 Å². The van der Waals surface area contributed by atoms with Gasteiger partial charge in [-0.05, 0) is 117 Å². The van der Waals surface area contributed by atoms with Gasteiger partial charge in [0.05, 0.1) is 11.0 Å². The fraction of sp³-hybridized carbons (Fsp3) is 0. The minimum atomic E-state index is 1.11. The zero-order valence-corrected chi connectivity index (χ0v) is 35.2. The third-order valence-corrected chi connectivity index (χ3v) is 13.5. The Morgan fingerprint density at radius 3 is 1.48 bits per heavy atom. The first-order valence-corrected chi connectivity index (χ1v) is 22.3. The molecular weight excluding hydrogens is 781 g/mol. The number of para-hydroxylation sites is 1. The Hall–Kier alpha value is -7.98. The molecule has 10 aromatic carbocycles. The van der Waals surface area contributed by atoms with Crippen LogP contribution < -0.4 is 4.90 Å². The molecule has 0 aliphatic rings. The molecule has 2 nitrogen and oxygen atoms in total. The Labute approximate surface area is 370 Å². The van der Waals surface area contributed by atoms with E-state index in [1.807, 2.05) is 11.3 Å². The third kappa shape index (κ3) is 6.67. The predicted molar refractivity (Wildman–Crippen MR) is 270 cm³/mol. The molecular formula is C60H40N2S. The van der Waals surface area contributed by atoms with Crippen LogP contribution in [0.15, 0.2) is 243 Å². The molecule has 0 aliphatic carbocycles. The topological polar surface area (TPSA) is 8.17 Å². The highest BCUT2D eigenvalue weighted by atomic mass is 32.1. The van der Waals surface area contributed by atoms with Crippen LogP contribution in [0.25, 0.3) is 92.2 Å². The molecule has 63 heavy (non-hydrogen) atoms. The van der Waals surface area contributed by atoms with Crippen LogP contribution in [-0.2, 0) is 0 Å². The molecule has 296 valence electrons. The lowest BCUT2D eigenvalue weighted by molar-refractivity contribution is 1.18. The van der Waals surface area contributed by atoms with Crippen molar-refractivity contribution in [2.45, 2.75) is 0 Å². The van der Waals surface area contributed by atoms with Gasteiger partial charge in [0.25, 0.3) is 0 Å². The zero-order valence-electron chi connectivity index (χ0n) is 34.4. The molecule has 2 heterocycles. The molecule has 0 bridgehead atoms. The van der Waals surface area contributed by atoms with Crippen molar-refractivity contribution in [2.75, 3.05) is 4.90 Å². The van der Waals surface area contributed by atoms with Gasteiger partial charge in [0, 0.05) is 53.7 Å². The van der Waals surface area contributed by atoms with Crippen LogP contribution in [0.3, 0.4) is 0 Å². The van der Waals surface area contributed by atoms with Gasteiger partial charge >= 0.3 is 0 Å². The number of rotatable bonds is 8. The van der Waals surface area contributed by atoms with E-state index in [4.69, 9.17) is 0 Å². The molecule has 0 N–H and O–H groups in total. The molecule has 0 spiro atoms. The van der Waals surface area contributed by atoms with Crippen molar-refractivity contribution < 1.29 is 0 Å². The van der Waals surface area contributed by atoms with Gasteiger partial charge < -0.3 is 9.47 Å². The quantitative estimate of drug-likeness (QED) is 0.148. The van der Waals surface area contributed by atoms with Gasteiger partial charge in [-0.1, -0.05) is 170 Å². The van der Waals surface area contributed by atoms with Gasteiger partial charge in [-0.15, -0.1) is 11.3 Å². The summed E-state index contributed by atoms with van der Waals surface area (Å²) in [7, 11) is 0. The van der Waals surface area contributed by atoms with Gasteiger partial charge in [0.15, 0.2) is 0 Å². The first-order valence-electron chi connectivity index (χ1n) is 21.5. The fourth-order valence-electron chi connectivity index (χ4n) is 9.30. The summed E-state index contributed by atoms with van der Waals surface area (Å²) in [6.45, 7) is 0. The highest BCUT2D eigenvalue weighted by Crippen LogP contribution is 2.43. The summed E-state index contributed by atoms with van der Waals surface area (Å²) in [5.74, 6) is 0. The first kappa shape index (κ1) is 36.8.